The number of hydrogen-bond acceptors (Lipinski definition) is 5. The van der Waals surface area contributed by atoms with Gasteiger partial charge in [-0.1, -0.05) is 0 Å². The van der Waals surface area contributed by atoms with E-state index >= 15 is 0 Å². The zero-order valence-corrected chi connectivity index (χ0v) is 12.4. The van der Waals surface area contributed by atoms with Crippen molar-refractivity contribution < 1.29 is 13.2 Å². The fraction of sp³-hybridized carbons (Fsp3) is 0.308. The fourth-order valence-electron chi connectivity index (χ4n) is 2.16. The summed E-state index contributed by atoms with van der Waals surface area (Å²) in [4.78, 5) is 13.1. The molecule has 0 aliphatic carbocycles. The lowest BCUT2D eigenvalue weighted by Crippen LogP contribution is -2.20. The molecule has 5 nitrogen and oxygen atoms in total. The van der Waals surface area contributed by atoms with Gasteiger partial charge in [0.05, 0.1) is 11.9 Å². The van der Waals surface area contributed by atoms with Crippen molar-refractivity contribution in [2.24, 2.45) is 0 Å². The van der Waals surface area contributed by atoms with Crippen LogP contribution in [0.15, 0.2) is 24.1 Å². The van der Waals surface area contributed by atoms with Gasteiger partial charge in [0.2, 0.25) is 0 Å². The lowest BCUT2D eigenvalue weighted by Gasteiger charge is -2.12. The smallest absolute Gasteiger partial charge is 0.362 e. The van der Waals surface area contributed by atoms with Crippen LogP contribution >= 0.6 is 11.3 Å². The first-order valence-corrected chi connectivity index (χ1v) is 7.31. The topological polar surface area (TPSA) is 55.6 Å². The molecule has 0 aromatic carbocycles. The number of nitrogens with zero attached hydrogens (tertiary/aromatic N) is 4. The number of nitrogens with one attached hydrogen (secondary N) is 1. The number of anilines is 1. The Morgan fingerprint density at radius 3 is 2.86 bits per heavy atom. The number of imidazole rings is 1. The fourth-order valence-corrected chi connectivity index (χ4v) is 3.05. The monoisotopic (exact) mass is 327 g/mol. The molecule has 1 N–H and O–H groups in total. The Hall–Kier alpha value is -2.16. The molecule has 0 saturated carbocycles. The number of aryl methyl sites for hydroxylation is 1. The Morgan fingerprint density at radius 2 is 2.09 bits per heavy atom. The molecular weight excluding hydrogens is 315 g/mol. The average Bonchev–Trinajstić information content (AvgIpc) is 3.02. The summed E-state index contributed by atoms with van der Waals surface area (Å²) >= 11 is 1.50. The van der Waals surface area contributed by atoms with E-state index in [0.29, 0.717) is 11.6 Å². The van der Waals surface area contributed by atoms with Crippen molar-refractivity contribution >= 4 is 27.4 Å². The van der Waals surface area contributed by atoms with E-state index in [1.807, 2.05) is 12.3 Å². The minimum atomic E-state index is -4.28. The molecule has 0 aliphatic heterocycles. The van der Waals surface area contributed by atoms with Gasteiger partial charge in [0, 0.05) is 12.4 Å². The minimum absolute atomic E-state index is 0.157. The van der Waals surface area contributed by atoms with Crippen LogP contribution in [0.1, 0.15) is 11.4 Å². The van der Waals surface area contributed by atoms with Gasteiger partial charge in [-0.25, -0.2) is 15.0 Å². The third-order valence-electron chi connectivity index (χ3n) is 3.12. The lowest BCUT2D eigenvalue weighted by molar-refractivity contribution is -0.141. The Balaban J connectivity index is 1.80. The summed E-state index contributed by atoms with van der Waals surface area (Å²) in [6.07, 6.45) is -0.172. The van der Waals surface area contributed by atoms with Gasteiger partial charge >= 0.3 is 6.18 Å². The maximum atomic E-state index is 12.5. The molecule has 9 heteroatoms. The zero-order valence-electron chi connectivity index (χ0n) is 11.6. The standard InChI is InChI=1S/C13H12F3N5S/c1-8-5-22-12-10(8)11(19-7-20-12)18-4-9-17-2-3-21(9)6-13(14,15)16/h2-3,5,7H,4,6H2,1H3,(H,18,19,20). The van der Waals surface area contributed by atoms with Crippen LogP contribution in [0.4, 0.5) is 19.0 Å². The van der Waals surface area contributed by atoms with Crippen LogP contribution < -0.4 is 5.32 Å². The predicted molar refractivity (Wildman–Crippen MR) is 77.8 cm³/mol. The molecule has 0 amide bonds. The van der Waals surface area contributed by atoms with Crippen molar-refractivity contribution in [1.82, 2.24) is 19.5 Å². The van der Waals surface area contributed by atoms with E-state index in [4.69, 9.17) is 0 Å². The van der Waals surface area contributed by atoms with Crippen molar-refractivity contribution in [3.63, 3.8) is 0 Å². The van der Waals surface area contributed by atoms with Crippen LogP contribution in [-0.2, 0) is 13.1 Å². The molecule has 3 rings (SSSR count). The first-order chi connectivity index (χ1) is 10.4. The van der Waals surface area contributed by atoms with Crippen LogP contribution in [0, 0.1) is 6.92 Å². The van der Waals surface area contributed by atoms with E-state index in [2.05, 4.69) is 20.3 Å². The Morgan fingerprint density at radius 1 is 1.27 bits per heavy atom. The summed E-state index contributed by atoms with van der Waals surface area (Å²) in [5.74, 6) is 0.905. The molecule has 0 atom stereocenters. The summed E-state index contributed by atoms with van der Waals surface area (Å²) in [5, 5.41) is 5.91. The minimum Gasteiger partial charge on any atom is -0.362 e. The van der Waals surface area contributed by atoms with Gasteiger partial charge in [0.1, 0.15) is 29.3 Å². The maximum absolute atomic E-state index is 12.5. The van der Waals surface area contributed by atoms with E-state index in [1.165, 1.54) is 30.1 Å². The molecule has 22 heavy (non-hydrogen) atoms. The Kier molecular flexibility index (Phi) is 3.73. The number of rotatable bonds is 4. The lowest BCUT2D eigenvalue weighted by atomic mass is 10.2. The number of hydrogen-bond donors (Lipinski definition) is 1. The quantitative estimate of drug-likeness (QED) is 0.798. The second-order valence-electron chi connectivity index (χ2n) is 4.76. The number of aromatic nitrogens is 4. The average molecular weight is 327 g/mol. The molecule has 0 bridgehead atoms. The molecule has 116 valence electrons. The first-order valence-electron chi connectivity index (χ1n) is 6.43. The molecule has 0 aliphatic rings. The van der Waals surface area contributed by atoms with Crippen LogP contribution in [0.25, 0.3) is 10.2 Å². The van der Waals surface area contributed by atoms with E-state index < -0.39 is 12.7 Å². The van der Waals surface area contributed by atoms with E-state index in [0.717, 1.165) is 20.3 Å². The second kappa shape index (κ2) is 5.56. The van der Waals surface area contributed by atoms with Crippen molar-refractivity contribution in [2.75, 3.05) is 5.32 Å². The molecular formula is C13H12F3N5S. The molecule has 0 radical (unpaired) electrons. The third-order valence-corrected chi connectivity index (χ3v) is 4.12. The molecule has 3 heterocycles. The van der Waals surface area contributed by atoms with Crippen molar-refractivity contribution in [2.45, 2.75) is 26.2 Å². The van der Waals surface area contributed by atoms with E-state index in [1.54, 1.807) is 0 Å². The first kappa shape index (κ1) is 14.8. The van der Waals surface area contributed by atoms with Crippen LogP contribution in [0.5, 0.6) is 0 Å². The van der Waals surface area contributed by atoms with Crippen molar-refractivity contribution in [3.8, 4) is 0 Å². The Bertz CT molecular complexity index is 792. The largest absolute Gasteiger partial charge is 0.406 e. The Labute approximate surface area is 127 Å². The summed E-state index contributed by atoms with van der Waals surface area (Å²) in [7, 11) is 0. The highest BCUT2D eigenvalue weighted by Crippen LogP contribution is 2.28. The normalized spacial score (nSPS) is 12.0. The summed E-state index contributed by atoms with van der Waals surface area (Å²) in [6, 6.07) is 0. The predicted octanol–water partition coefficient (Wildman–Crippen LogP) is 3.37. The van der Waals surface area contributed by atoms with Gasteiger partial charge in [0.15, 0.2) is 0 Å². The van der Waals surface area contributed by atoms with E-state index in [9.17, 15) is 13.2 Å². The summed E-state index contributed by atoms with van der Waals surface area (Å²) in [5.41, 5.74) is 1.03. The highest BCUT2D eigenvalue weighted by molar-refractivity contribution is 7.17. The highest BCUT2D eigenvalue weighted by atomic mass is 32.1. The van der Waals surface area contributed by atoms with Gasteiger partial charge < -0.3 is 9.88 Å². The van der Waals surface area contributed by atoms with Crippen molar-refractivity contribution in [1.29, 1.82) is 0 Å². The number of alkyl halides is 3. The SMILES string of the molecule is Cc1csc2ncnc(NCc3nccn3CC(F)(F)F)c12. The zero-order chi connectivity index (χ0) is 15.7. The van der Waals surface area contributed by atoms with Crippen LogP contribution in [-0.4, -0.2) is 25.7 Å². The third kappa shape index (κ3) is 3.03. The summed E-state index contributed by atoms with van der Waals surface area (Å²) in [6.45, 7) is 1.04. The van der Waals surface area contributed by atoms with Crippen molar-refractivity contribution in [3.05, 3.63) is 35.5 Å². The second-order valence-corrected chi connectivity index (χ2v) is 5.62. The molecule has 3 aromatic rings. The van der Waals surface area contributed by atoms with Gasteiger partial charge in [-0.2, -0.15) is 13.2 Å². The molecule has 0 unspecified atom stereocenters. The van der Waals surface area contributed by atoms with Crippen LogP contribution in [0.3, 0.4) is 0 Å². The maximum Gasteiger partial charge on any atom is 0.406 e. The summed E-state index contributed by atoms with van der Waals surface area (Å²) < 4.78 is 38.6. The molecule has 0 saturated heterocycles. The van der Waals surface area contributed by atoms with Gasteiger partial charge in [-0.05, 0) is 17.9 Å². The van der Waals surface area contributed by atoms with E-state index in [-0.39, 0.29) is 6.54 Å². The number of fused-ring (bicyclic) bond motifs is 1. The molecule has 0 spiro atoms. The number of thiophene rings is 1. The van der Waals surface area contributed by atoms with Crippen LogP contribution in [0.2, 0.25) is 0 Å². The highest BCUT2D eigenvalue weighted by Gasteiger charge is 2.28. The molecule has 0 fully saturated rings. The van der Waals surface area contributed by atoms with Gasteiger partial charge in [-0.3, -0.25) is 0 Å². The van der Waals surface area contributed by atoms with Gasteiger partial charge in [-0.15, -0.1) is 11.3 Å². The van der Waals surface area contributed by atoms with Gasteiger partial charge in [0.25, 0.3) is 0 Å². The molecule has 3 aromatic heterocycles. The number of halogens is 3.